The summed E-state index contributed by atoms with van der Waals surface area (Å²) in [6.07, 6.45) is 5.30. The van der Waals surface area contributed by atoms with Crippen LogP contribution in [0.3, 0.4) is 0 Å². The highest BCUT2D eigenvalue weighted by Crippen LogP contribution is 2.22. The largest absolute Gasteiger partial charge is 0.353 e. The number of hydrogen-bond acceptors (Lipinski definition) is 5. The Hall–Kier alpha value is -2.44. The number of carbonyl (C=O) groups is 1. The first-order valence-corrected chi connectivity index (χ1v) is 8.71. The van der Waals surface area contributed by atoms with E-state index in [1.54, 1.807) is 24.1 Å². The third-order valence-electron chi connectivity index (χ3n) is 4.47. The summed E-state index contributed by atoms with van der Waals surface area (Å²) in [7, 11) is 1.80. The highest BCUT2D eigenvalue weighted by atomic mass is 16.1. The molecule has 1 aliphatic rings. The number of amides is 1. The number of hydrogen-bond donors (Lipinski definition) is 1. The number of nitrogens with one attached hydrogen (secondary N) is 1. The number of carbonyl (C=O) groups excluding carboxylic acids is 1. The molecule has 0 radical (unpaired) electrons. The number of piperidine rings is 1. The second-order valence-electron chi connectivity index (χ2n) is 7.69. The number of anilines is 1. The lowest BCUT2D eigenvalue weighted by Gasteiger charge is -2.33. The van der Waals surface area contributed by atoms with Crippen LogP contribution in [0, 0.1) is 0 Å². The fourth-order valence-corrected chi connectivity index (χ4v) is 3.00. The zero-order valence-electron chi connectivity index (χ0n) is 15.4. The molecule has 134 valence electrons. The number of aromatic nitrogens is 4. The molecule has 0 saturated carbocycles. The van der Waals surface area contributed by atoms with Crippen LogP contribution >= 0.6 is 0 Å². The van der Waals surface area contributed by atoms with Gasteiger partial charge >= 0.3 is 0 Å². The van der Waals surface area contributed by atoms with Crippen LogP contribution in [0.1, 0.15) is 49.7 Å². The van der Waals surface area contributed by atoms with Crippen LogP contribution in [0.15, 0.2) is 24.5 Å². The summed E-state index contributed by atoms with van der Waals surface area (Å²) in [5.74, 6) is 0.794. The summed E-state index contributed by atoms with van der Waals surface area (Å²) < 4.78 is 1.63. The summed E-state index contributed by atoms with van der Waals surface area (Å²) in [4.78, 5) is 14.5. The topological polar surface area (TPSA) is 75.9 Å². The lowest BCUT2D eigenvalue weighted by molar-refractivity contribution is 0.0933. The second kappa shape index (κ2) is 6.82. The van der Waals surface area contributed by atoms with E-state index >= 15 is 0 Å². The molecule has 0 spiro atoms. The van der Waals surface area contributed by atoms with Crippen molar-refractivity contribution in [2.75, 3.05) is 18.0 Å². The molecule has 3 heterocycles. The molecule has 25 heavy (non-hydrogen) atoms. The Morgan fingerprint density at radius 3 is 2.68 bits per heavy atom. The first kappa shape index (κ1) is 17.4. The van der Waals surface area contributed by atoms with Crippen molar-refractivity contribution < 1.29 is 4.79 Å². The minimum atomic E-state index is -0.0749. The van der Waals surface area contributed by atoms with Gasteiger partial charge in [-0.15, -0.1) is 5.10 Å². The van der Waals surface area contributed by atoms with E-state index in [9.17, 15) is 4.79 Å². The van der Waals surface area contributed by atoms with Gasteiger partial charge in [0.05, 0.1) is 17.5 Å². The molecule has 0 aromatic carbocycles. The molecular weight excluding hydrogens is 316 g/mol. The van der Waals surface area contributed by atoms with Crippen LogP contribution in [0.2, 0.25) is 0 Å². The van der Waals surface area contributed by atoms with Crippen molar-refractivity contribution in [2.45, 2.75) is 45.1 Å². The maximum Gasteiger partial charge on any atom is 0.254 e. The third kappa shape index (κ3) is 4.15. The lowest BCUT2D eigenvalue weighted by atomic mass is 9.92. The van der Waals surface area contributed by atoms with Crippen LogP contribution in [-0.4, -0.2) is 45.0 Å². The summed E-state index contributed by atoms with van der Waals surface area (Å²) in [6, 6.07) is 4.17. The van der Waals surface area contributed by atoms with Gasteiger partial charge in [-0.3, -0.25) is 9.48 Å². The fourth-order valence-electron chi connectivity index (χ4n) is 3.00. The lowest BCUT2D eigenvalue weighted by Crippen LogP contribution is -2.48. The van der Waals surface area contributed by atoms with E-state index < -0.39 is 0 Å². The van der Waals surface area contributed by atoms with Crippen LogP contribution in [0.5, 0.6) is 0 Å². The highest BCUT2D eigenvalue weighted by Gasteiger charge is 2.24. The van der Waals surface area contributed by atoms with Gasteiger partial charge in [-0.25, -0.2) is 0 Å². The fraction of sp³-hybridized carbons (Fsp3) is 0.556. The van der Waals surface area contributed by atoms with Gasteiger partial charge in [0.15, 0.2) is 5.82 Å². The molecule has 1 N–H and O–H groups in total. The normalized spacial score (nSPS) is 18.2. The Kier molecular flexibility index (Phi) is 4.74. The zero-order chi connectivity index (χ0) is 18.0. The van der Waals surface area contributed by atoms with E-state index in [0.717, 1.165) is 37.4 Å². The van der Waals surface area contributed by atoms with Crippen LogP contribution in [0.25, 0.3) is 0 Å². The zero-order valence-corrected chi connectivity index (χ0v) is 15.4. The monoisotopic (exact) mass is 342 g/mol. The second-order valence-corrected chi connectivity index (χ2v) is 7.69. The molecule has 0 aliphatic carbocycles. The van der Waals surface area contributed by atoms with E-state index in [2.05, 4.69) is 46.3 Å². The standard InChI is InChI=1S/C18H26N6O/c1-18(2,3)15-7-8-16(22-21-15)24-9-5-6-14(12-24)20-17(25)13-10-19-23(4)11-13/h7-8,10-11,14H,5-6,9,12H2,1-4H3,(H,20,25). The van der Waals surface area contributed by atoms with Crippen LogP contribution in [0.4, 0.5) is 5.82 Å². The highest BCUT2D eigenvalue weighted by molar-refractivity contribution is 5.93. The molecule has 0 bridgehead atoms. The van der Waals surface area contributed by atoms with E-state index in [4.69, 9.17) is 0 Å². The third-order valence-corrected chi connectivity index (χ3v) is 4.47. The maximum atomic E-state index is 12.3. The first-order valence-electron chi connectivity index (χ1n) is 8.71. The maximum absolute atomic E-state index is 12.3. The van der Waals surface area contributed by atoms with E-state index in [1.807, 2.05) is 12.1 Å². The number of aryl methyl sites for hydroxylation is 1. The van der Waals surface area contributed by atoms with E-state index in [-0.39, 0.29) is 17.4 Å². The molecular formula is C18H26N6O. The van der Waals surface area contributed by atoms with Crippen molar-refractivity contribution in [2.24, 2.45) is 7.05 Å². The number of nitrogens with zero attached hydrogens (tertiary/aromatic N) is 5. The van der Waals surface area contributed by atoms with Crippen molar-refractivity contribution in [3.8, 4) is 0 Å². The molecule has 7 heteroatoms. The minimum absolute atomic E-state index is 0.00629. The summed E-state index contributed by atoms with van der Waals surface area (Å²) >= 11 is 0. The SMILES string of the molecule is Cn1cc(C(=O)NC2CCCN(c3ccc(C(C)(C)C)nn3)C2)cn1. The summed E-state index contributed by atoms with van der Waals surface area (Å²) in [5, 5.41) is 15.9. The quantitative estimate of drug-likeness (QED) is 0.922. The van der Waals surface area contributed by atoms with E-state index in [0.29, 0.717) is 5.56 Å². The molecule has 1 saturated heterocycles. The average Bonchev–Trinajstić information content (AvgIpc) is 3.01. The molecule has 7 nitrogen and oxygen atoms in total. The molecule has 1 atom stereocenters. The van der Waals surface area contributed by atoms with Gasteiger partial charge in [-0.2, -0.15) is 10.2 Å². The smallest absolute Gasteiger partial charge is 0.254 e. The molecule has 1 amide bonds. The van der Waals surface area contributed by atoms with Gasteiger partial charge in [-0.05, 0) is 25.0 Å². The van der Waals surface area contributed by atoms with Gasteiger partial charge in [0, 0.05) is 37.8 Å². The van der Waals surface area contributed by atoms with Crippen molar-refractivity contribution in [1.29, 1.82) is 0 Å². The molecule has 3 rings (SSSR count). The Morgan fingerprint density at radius 2 is 2.08 bits per heavy atom. The van der Waals surface area contributed by atoms with Crippen LogP contribution < -0.4 is 10.2 Å². The first-order chi connectivity index (χ1) is 11.8. The van der Waals surface area contributed by atoms with Gasteiger partial charge in [-0.1, -0.05) is 20.8 Å². The summed E-state index contributed by atoms with van der Waals surface area (Å²) in [6.45, 7) is 8.06. The predicted molar refractivity (Wildman–Crippen MR) is 96.6 cm³/mol. The van der Waals surface area contributed by atoms with Gasteiger partial charge < -0.3 is 10.2 Å². The van der Waals surface area contributed by atoms with Gasteiger partial charge in [0.2, 0.25) is 0 Å². The van der Waals surface area contributed by atoms with Crippen molar-refractivity contribution >= 4 is 11.7 Å². The van der Waals surface area contributed by atoms with Gasteiger partial charge in [0.25, 0.3) is 5.91 Å². The predicted octanol–water partition coefficient (Wildman–Crippen LogP) is 1.91. The average molecular weight is 342 g/mol. The molecule has 1 unspecified atom stereocenters. The van der Waals surface area contributed by atoms with Crippen LogP contribution in [-0.2, 0) is 12.5 Å². The van der Waals surface area contributed by atoms with Crippen molar-refractivity contribution in [1.82, 2.24) is 25.3 Å². The Balaban J connectivity index is 1.64. The molecule has 2 aromatic rings. The molecule has 1 fully saturated rings. The summed E-state index contributed by atoms with van der Waals surface area (Å²) in [5.41, 5.74) is 1.57. The number of rotatable bonds is 3. The Labute approximate surface area is 148 Å². The van der Waals surface area contributed by atoms with Gasteiger partial charge in [0.1, 0.15) is 0 Å². The van der Waals surface area contributed by atoms with E-state index in [1.165, 1.54) is 0 Å². The molecule has 2 aromatic heterocycles. The molecule has 1 aliphatic heterocycles. The minimum Gasteiger partial charge on any atom is -0.353 e. The Bertz CT molecular complexity index is 731. The Morgan fingerprint density at radius 1 is 1.28 bits per heavy atom. The van der Waals surface area contributed by atoms with Crippen molar-refractivity contribution in [3.05, 3.63) is 35.8 Å². The van der Waals surface area contributed by atoms with Crippen molar-refractivity contribution in [3.63, 3.8) is 0 Å².